The summed E-state index contributed by atoms with van der Waals surface area (Å²) in [6.07, 6.45) is 5.22. The normalized spacial score (nSPS) is 20.3. The Kier molecular flexibility index (Phi) is 5.66. The molecule has 2 aromatic rings. The quantitative estimate of drug-likeness (QED) is 0.840. The number of benzene rings is 1. The molecule has 0 N–H and O–H groups in total. The highest BCUT2D eigenvalue weighted by Crippen LogP contribution is 2.25. The van der Waals surface area contributed by atoms with E-state index in [9.17, 15) is 4.79 Å². The van der Waals surface area contributed by atoms with Gasteiger partial charge in [0, 0.05) is 44.1 Å². The second-order valence-electron chi connectivity index (χ2n) is 6.36. The first-order valence-electron chi connectivity index (χ1n) is 8.56. The molecular weight excluding hydrogens is 316 g/mol. The molecule has 3 rings (SSSR count). The lowest BCUT2D eigenvalue weighted by molar-refractivity contribution is -0.00299. The minimum absolute atomic E-state index is 0.0664. The predicted molar refractivity (Wildman–Crippen MR) is 95.7 cm³/mol. The number of aromatic nitrogens is 1. The lowest BCUT2D eigenvalue weighted by atomic mass is 9.88. The second-order valence-corrected chi connectivity index (χ2v) is 6.36. The first kappa shape index (κ1) is 17.4. The average molecular weight is 340 g/mol. The number of piperidine rings is 1. The summed E-state index contributed by atoms with van der Waals surface area (Å²) in [6.45, 7) is 1.42. The van der Waals surface area contributed by atoms with Gasteiger partial charge in [0.15, 0.2) is 0 Å². The third-order valence-corrected chi connectivity index (χ3v) is 4.84. The Morgan fingerprint density at radius 1 is 1.16 bits per heavy atom. The van der Waals surface area contributed by atoms with Crippen LogP contribution in [0.1, 0.15) is 22.3 Å². The molecule has 0 unspecified atom stereocenters. The Balaban J connectivity index is 1.70. The van der Waals surface area contributed by atoms with E-state index in [1.165, 1.54) is 5.56 Å². The van der Waals surface area contributed by atoms with E-state index < -0.39 is 0 Å². The highest BCUT2D eigenvalue weighted by Gasteiger charge is 2.32. The number of carbonyl (C=O) groups excluding carboxylic acids is 1. The summed E-state index contributed by atoms with van der Waals surface area (Å²) in [5.41, 5.74) is 1.92. The summed E-state index contributed by atoms with van der Waals surface area (Å²) >= 11 is 0. The number of likely N-dealkylation sites (tertiary alicyclic amines) is 1. The molecule has 2 atom stereocenters. The highest BCUT2D eigenvalue weighted by molar-refractivity contribution is 5.94. The Morgan fingerprint density at radius 2 is 1.88 bits per heavy atom. The molecule has 1 saturated heterocycles. The van der Waals surface area contributed by atoms with Crippen molar-refractivity contribution in [2.75, 3.05) is 27.3 Å². The van der Waals surface area contributed by atoms with Gasteiger partial charge in [0.1, 0.15) is 5.75 Å². The van der Waals surface area contributed by atoms with Crippen molar-refractivity contribution in [1.29, 1.82) is 0 Å². The van der Waals surface area contributed by atoms with Gasteiger partial charge >= 0.3 is 0 Å². The van der Waals surface area contributed by atoms with Crippen molar-refractivity contribution < 1.29 is 14.3 Å². The van der Waals surface area contributed by atoms with E-state index in [0.29, 0.717) is 12.1 Å². The summed E-state index contributed by atoms with van der Waals surface area (Å²) in [5, 5.41) is 0. The van der Waals surface area contributed by atoms with Gasteiger partial charge in [-0.15, -0.1) is 0 Å². The fourth-order valence-corrected chi connectivity index (χ4v) is 3.44. The zero-order valence-corrected chi connectivity index (χ0v) is 14.7. The summed E-state index contributed by atoms with van der Waals surface area (Å²) in [4.78, 5) is 18.6. The maximum absolute atomic E-state index is 12.7. The highest BCUT2D eigenvalue weighted by atomic mass is 16.5. The van der Waals surface area contributed by atoms with Gasteiger partial charge in [-0.05, 0) is 42.7 Å². The summed E-state index contributed by atoms with van der Waals surface area (Å²) in [6, 6.07) is 11.6. The summed E-state index contributed by atoms with van der Waals surface area (Å²) < 4.78 is 10.9. The van der Waals surface area contributed by atoms with Gasteiger partial charge in [-0.3, -0.25) is 9.78 Å². The molecule has 132 valence electrons. The number of rotatable bonds is 5. The minimum atomic E-state index is 0.0664. The second kappa shape index (κ2) is 8.12. The number of pyridine rings is 1. The summed E-state index contributed by atoms with van der Waals surface area (Å²) in [7, 11) is 3.42. The molecule has 1 fully saturated rings. The van der Waals surface area contributed by atoms with Crippen molar-refractivity contribution in [3.05, 3.63) is 59.9 Å². The van der Waals surface area contributed by atoms with Crippen molar-refractivity contribution in [1.82, 2.24) is 9.88 Å². The van der Waals surface area contributed by atoms with Gasteiger partial charge in [-0.1, -0.05) is 12.1 Å². The fourth-order valence-electron chi connectivity index (χ4n) is 3.44. The zero-order valence-electron chi connectivity index (χ0n) is 14.7. The molecule has 1 aliphatic rings. The number of amides is 1. The van der Waals surface area contributed by atoms with Crippen LogP contribution in [0.5, 0.6) is 5.75 Å². The molecule has 1 aromatic heterocycles. The Morgan fingerprint density at radius 3 is 2.52 bits per heavy atom. The molecule has 0 spiro atoms. The van der Waals surface area contributed by atoms with Crippen LogP contribution in [-0.4, -0.2) is 49.2 Å². The zero-order chi connectivity index (χ0) is 17.6. The van der Waals surface area contributed by atoms with Gasteiger partial charge in [-0.2, -0.15) is 0 Å². The third-order valence-electron chi connectivity index (χ3n) is 4.84. The van der Waals surface area contributed by atoms with Crippen molar-refractivity contribution in [2.24, 2.45) is 5.92 Å². The van der Waals surface area contributed by atoms with Gasteiger partial charge in [-0.25, -0.2) is 0 Å². The molecule has 0 aliphatic carbocycles. The van der Waals surface area contributed by atoms with Crippen LogP contribution in [-0.2, 0) is 11.2 Å². The Bertz CT molecular complexity index is 688. The standard InChI is InChI=1S/C20H24N2O3/c1-24-18-5-3-15(4-6-18)13-17-14-22(12-9-19(17)25-2)20(23)16-7-10-21-11-8-16/h3-8,10-11,17,19H,9,12-14H2,1-2H3/t17-,19+/m1/s1. The van der Waals surface area contributed by atoms with Crippen LogP contribution >= 0.6 is 0 Å². The van der Waals surface area contributed by atoms with Gasteiger partial charge < -0.3 is 14.4 Å². The smallest absolute Gasteiger partial charge is 0.253 e. The number of ether oxygens (including phenoxy) is 2. The predicted octanol–water partition coefficient (Wildman–Crippen LogP) is 2.81. The molecule has 2 heterocycles. The number of methoxy groups -OCH3 is 2. The molecule has 1 amide bonds. The third kappa shape index (κ3) is 4.17. The van der Waals surface area contributed by atoms with Crippen LogP contribution in [0.25, 0.3) is 0 Å². The Labute approximate surface area is 148 Å². The molecule has 1 aliphatic heterocycles. The largest absolute Gasteiger partial charge is 0.497 e. The van der Waals surface area contributed by atoms with Crippen LogP contribution in [0.3, 0.4) is 0 Å². The van der Waals surface area contributed by atoms with E-state index in [1.807, 2.05) is 17.0 Å². The van der Waals surface area contributed by atoms with E-state index in [0.717, 1.165) is 25.1 Å². The van der Waals surface area contributed by atoms with Crippen molar-refractivity contribution in [3.63, 3.8) is 0 Å². The van der Waals surface area contributed by atoms with Gasteiger partial charge in [0.2, 0.25) is 0 Å². The molecule has 0 saturated carbocycles. The van der Waals surface area contributed by atoms with Crippen molar-refractivity contribution in [3.8, 4) is 5.75 Å². The van der Waals surface area contributed by atoms with Crippen LogP contribution in [0.15, 0.2) is 48.8 Å². The van der Waals surface area contributed by atoms with Crippen LogP contribution in [0.2, 0.25) is 0 Å². The first-order valence-corrected chi connectivity index (χ1v) is 8.56. The monoisotopic (exact) mass is 340 g/mol. The topological polar surface area (TPSA) is 51.7 Å². The molecule has 25 heavy (non-hydrogen) atoms. The molecule has 1 aromatic carbocycles. The summed E-state index contributed by atoms with van der Waals surface area (Å²) in [5.74, 6) is 1.19. The van der Waals surface area contributed by atoms with Crippen molar-refractivity contribution in [2.45, 2.75) is 18.9 Å². The van der Waals surface area contributed by atoms with Gasteiger partial charge in [0.05, 0.1) is 13.2 Å². The number of hydrogen-bond acceptors (Lipinski definition) is 4. The fraction of sp³-hybridized carbons (Fsp3) is 0.400. The van der Waals surface area contributed by atoms with Crippen LogP contribution in [0.4, 0.5) is 0 Å². The molecule has 5 nitrogen and oxygen atoms in total. The van der Waals surface area contributed by atoms with Crippen LogP contribution in [0, 0.1) is 5.92 Å². The molecule has 0 bridgehead atoms. The molecule has 0 radical (unpaired) electrons. The maximum Gasteiger partial charge on any atom is 0.253 e. The number of hydrogen-bond donors (Lipinski definition) is 0. The van der Waals surface area contributed by atoms with E-state index >= 15 is 0 Å². The average Bonchev–Trinajstić information content (AvgIpc) is 2.68. The SMILES string of the molecule is COc1ccc(C[C@@H]2CN(C(=O)c3ccncc3)CC[C@@H]2OC)cc1. The van der Waals surface area contributed by atoms with E-state index in [4.69, 9.17) is 9.47 Å². The van der Waals surface area contributed by atoms with Crippen molar-refractivity contribution >= 4 is 5.91 Å². The lowest BCUT2D eigenvalue weighted by Gasteiger charge is -2.38. The van der Waals surface area contributed by atoms with Crippen LogP contribution < -0.4 is 4.74 Å². The first-order chi connectivity index (χ1) is 12.2. The van der Waals surface area contributed by atoms with Gasteiger partial charge in [0.25, 0.3) is 5.91 Å². The van der Waals surface area contributed by atoms with E-state index in [2.05, 4.69) is 17.1 Å². The minimum Gasteiger partial charge on any atom is -0.497 e. The lowest BCUT2D eigenvalue weighted by Crippen LogP contribution is -2.47. The van der Waals surface area contributed by atoms with E-state index in [1.54, 1.807) is 38.7 Å². The number of nitrogens with zero attached hydrogens (tertiary/aromatic N) is 2. The Hall–Kier alpha value is -2.40. The molecular formula is C20H24N2O3. The maximum atomic E-state index is 12.7. The molecule has 5 heteroatoms. The van der Waals surface area contributed by atoms with E-state index in [-0.39, 0.29) is 17.9 Å². The number of carbonyl (C=O) groups is 1.